The average Bonchev–Trinajstić information content (AvgIpc) is 3.29. The van der Waals surface area contributed by atoms with Gasteiger partial charge in [0.25, 0.3) is 0 Å². The molecule has 1 saturated carbocycles. The monoisotopic (exact) mass is 443 g/mol. The molecule has 174 valence electrons. The van der Waals surface area contributed by atoms with Gasteiger partial charge in [0, 0.05) is 44.9 Å². The third kappa shape index (κ3) is 7.98. The molecule has 0 spiro atoms. The molecule has 3 rings (SSSR count). The summed E-state index contributed by atoms with van der Waals surface area (Å²) in [6.45, 7) is 6.42. The van der Waals surface area contributed by atoms with Gasteiger partial charge in [0.1, 0.15) is 0 Å². The number of likely N-dealkylation sites (tertiary alicyclic amines) is 1. The van der Waals surface area contributed by atoms with Crippen LogP contribution in [0.4, 0.5) is 0 Å². The van der Waals surface area contributed by atoms with E-state index in [0.717, 1.165) is 70.3 Å². The summed E-state index contributed by atoms with van der Waals surface area (Å²) >= 11 is 0. The Kier molecular flexibility index (Phi) is 9.67. The van der Waals surface area contributed by atoms with E-state index < -0.39 is 10.0 Å². The number of nitrogens with zero attached hydrogens (tertiary/aromatic N) is 2. The van der Waals surface area contributed by atoms with Gasteiger partial charge in [0.15, 0.2) is 5.96 Å². The van der Waals surface area contributed by atoms with Crippen molar-refractivity contribution in [3.63, 3.8) is 0 Å². The van der Waals surface area contributed by atoms with Gasteiger partial charge in [-0.05, 0) is 51.9 Å². The van der Waals surface area contributed by atoms with Gasteiger partial charge in [-0.15, -0.1) is 0 Å². The van der Waals surface area contributed by atoms with Crippen molar-refractivity contribution in [2.45, 2.75) is 82.9 Å². The van der Waals surface area contributed by atoms with Crippen LogP contribution in [0.1, 0.15) is 64.7 Å². The zero-order valence-electron chi connectivity index (χ0n) is 18.6. The number of ether oxygens (including phenoxy) is 1. The van der Waals surface area contributed by atoms with E-state index in [2.05, 4.69) is 25.2 Å². The summed E-state index contributed by atoms with van der Waals surface area (Å²) in [5, 5.41) is 6.77. The number of hydrogen-bond donors (Lipinski definition) is 3. The molecule has 0 aromatic carbocycles. The van der Waals surface area contributed by atoms with Gasteiger partial charge in [-0.3, -0.25) is 4.99 Å². The molecule has 2 saturated heterocycles. The van der Waals surface area contributed by atoms with Gasteiger partial charge >= 0.3 is 0 Å². The Morgan fingerprint density at radius 3 is 2.47 bits per heavy atom. The van der Waals surface area contributed by atoms with E-state index in [4.69, 9.17) is 4.74 Å². The summed E-state index contributed by atoms with van der Waals surface area (Å²) < 4.78 is 32.8. The number of nitrogens with one attached hydrogen (secondary N) is 3. The largest absolute Gasteiger partial charge is 0.377 e. The average molecular weight is 444 g/mol. The molecule has 0 aromatic heterocycles. The maximum Gasteiger partial charge on any atom is 0.213 e. The first kappa shape index (κ1) is 23.8. The highest BCUT2D eigenvalue weighted by Crippen LogP contribution is 2.26. The Morgan fingerprint density at radius 1 is 1.07 bits per heavy atom. The van der Waals surface area contributed by atoms with Crippen LogP contribution >= 0.6 is 0 Å². The molecule has 2 aliphatic heterocycles. The summed E-state index contributed by atoms with van der Waals surface area (Å²) in [4.78, 5) is 7.17. The molecule has 30 heavy (non-hydrogen) atoms. The minimum absolute atomic E-state index is 0.00355. The number of sulfonamides is 1. The summed E-state index contributed by atoms with van der Waals surface area (Å²) in [5.74, 6) is 0.721. The molecular weight excluding hydrogens is 402 g/mol. The van der Waals surface area contributed by atoms with Crippen LogP contribution in [0.25, 0.3) is 0 Å². The summed E-state index contributed by atoms with van der Waals surface area (Å²) in [6.07, 6.45) is 10.8. The number of guanidine groups is 1. The van der Waals surface area contributed by atoms with Gasteiger partial charge in [0.05, 0.1) is 18.4 Å². The van der Waals surface area contributed by atoms with E-state index in [1.54, 1.807) is 0 Å². The zero-order valence-corrected chi connectivity index (χ0v) is 19.4. The van der Waals surface area contributed by atoms with Gasteiger partial charge < -0.3 is 20.3 Å². The quantitative estimate of drug-likeness (QED) is 0.369. The lowest BCUT2D eigenvalue weighted by atomic mass is 10.0. The summed E-state index contributed by atoms with van der Waals surface area (Å²) in [6, 6.07) is 1.20. The topological polar surface area (TPSA) is 95.1 Å². The lowest BCUT2D eigenvalue weighted by Crippen LogP contribution is -2.50. The molecule has 0 amide bonds. The highest BCUT2D eigenvalue weighted by molar-refractivity contribution is 7.89. The molecule has 0 radical (unpaired) electrons. The van der Waals surface area contributed by atoms with E-state index >= 15 is 0 Å². The summed E-state index contributed by atoms with van der Waals surface area (Å²) in [7, 11) is -3.34. The molecule has 3 N–H and O–H groups in total. The third-order valence-electron chi connectivity index (χ3n) is 6.49. The van der Waals surface area contributed by atoms with Gasteiger partial charge in [-0.2, -0.15) is 0 Å². The van der Waals surface area contributed by atoms with Crippen LogP contribution in [0.15, 0.2) is 4.99 Å². The fourth-order valence-electron chi connectivity index (χ4n) is 4.73. The Morgan fingerprint density at radius 2 is 1.80 bits per heavy atom. The van der Waals surface area contributed by atoms with E-state index in [-0.39, 0.29) is 18.4 Å². The Bertz CT molecular complexity index is 623. The molecule has 1 unspecified atom stereocenters. The third-order valence-corrected chi connectivity index (χ3v) is 7.82. The Labute approximate surface area is 182 Å². The van der Waals surface area contributed by atoms with Crippen molar-refractivity contribution in [2.24, 2.45) is 4.99 Å². The number of hydrogen-bond acceptors (Lipinski definition) is 5. The Balaban J connectivity index is 1.39. The smallest absolute Gasteiger partial charge is 0.213 e. The first-order chi connectivity index (χ1) is 14.6. The second-order valence-corrected chi connectivity index (χ2v) is 10.7. The predicted octanol–water partition coefficient (Wildman–Crippen LogP) is 1.44. The fraction of sp³-hybridized carbons (Fsp3) is 0.952. The SMILES string of the molecule is CCNC(=NCCS(=O)(=O)NCC1CCCCO1)NC1CCN(C2CCCC2)CC1. The Hall–Kier alpha value is -0.900. The van der Waals surface area contributed by atoms with E-state index in [0.29, 0.717) is 12.6 Å². The maximum atomic E-state index is 12.3. The molecule has 1 atom stereocenters. The molecule has 8 nitrogen and oxygen atoms in total. The molecule has 9 heteroatoms. The number of aliphatic imine (C=N–C) groups is 1. The lowest BCUT2D eigenvalue weighted by molar-refractivity contribution is 0.0200. The van der Waals surface area contributed by atoms with E-state index in [1.807, 2.05) is 6.92 Å². The number of rotatable bonds is 9. The van der Waals surface area contributed by atoms with Gasteiger partial charge in [-0.25, -0.2) is 13.1 Å². The van der Waals surface area contributed by atoms with Crippen molar-refractivity contribution < 1.29 is 13.2 Å². The van der Waals surface area contributed by atoms with Crippen LogP contribution in [-0.4, -0.2) is 82.5 Å². The highest BCUT2D eigenvalue weighted by atomic mass is 32.2. The van der Waals surface area contributed by atoms with Gasteiger partial charge in [0.2, 0.25) is 10.0 Å². The van der Waals surface area contributed by atoms with Crippen molar-refractivity contribution in [3.8, 4) is 0 Å². The minimum Gasteiger partial charge on any atom is -0.377 e. The standard InChI is InChI=1S/C21H41N5O3S/c1-2-22-21(25-18-10-13-26(14-11-18)19-7-3-4-8-19)23-12-16-30(27,28)24-17-20-9-5-6-15-29-20/h18-20,24H,2-17H2,1H3,(H2,22,23,25). The lowest BCUT2D eigenvalue weighted by Gasteiger charge is -2.36. The van der Waals surface area contributed by atoms with Crippen LogP contribution in [0.5, 0.6) is 0 Å². The predicted molar refractivity (Wildman–Crippen MR) is 121 cm³/mol. The van der Waals surface area contributed by atoms with Crippen LogP contribution in [0, 0.1) is 0 Å². The first-order valence-corrected chi connectivity index (χ1v) is 13.6. The second kappa shape index (κ2) is 12.2. The van der Waals surface area contributed by atoms with Crippen LogP contribution in [-0.2, 0) is 14.8 Å². The molecular formula is C21H41N5O3S. The highest BCUT2D eigenvalue weighted by Gasteiger charge is 2.27. The van der Waals surface area contributed by atoms with Crippen LogP contribution in [0.2, 0.25) is 0 Å². The van der Waals surface area contributed by atoms with E-state index in [1.165, 1.54) is 25.7 Å². The molecule has 0 aromatic rings. The molecule has 3 aliphatic rings. The van der Waals surface area contributed by atoms with Crippen LogP contribution in [0.3, 0.4) is 0 Å². The molecule has 2 heterocycles. The van der Waals surface area contributed by atoms with E-state index in [9.17, 15) is 8.42 Å². The fourth-order valence-corrected chi connectivity index (χ4v) is 5.65. The van der Waals surface area contributed by atoms with Crippen molar-refractivity contribution in [1.82, 2.24) is 20.3 Å². The van der Waals surface area contributed by atoms with Crippen molar-refractivity contribution in [1.29, 1.82) is 0 Å². The van der Waals surface area contributed by atoms with Crippen molar-refractivity contribution in [3.05, 3.63) is 0 Å². The maximum absolute atomic E-state index is 12.3. The summed E-state index contributed by atoms with van der Waals surface area (Å²) in [5.41, 5.74) is 0. The van der Waals surface area contributed by atoms with Gasteiger partial charge in [-0.1, -0.05) is 12.8 Å². The minimum atomic E-state index is -3.34. The zero-order chi connectivity index (χ0) is 21.2. The normalized spacial score (nSPS) is 25.5. The molecule has 3 fully saturated rings. The number of piperidine rings is 1. The molecule has 0 bridgehead atoms. The first-order valence-electron chi connectivity index (χ1n) is 11.9. The van der Waals surface area contributed by atoms with Crippen molar-refractivity contribution in [2.75, 3.05) is 45.1 Å². The van der Waals surface area contributed by atoms with Crippen molar-refractivity contribution >= 4 is 16.0 Å². The molecule has 1 aliphatic carbocycles. The van der Waals surface area contributed by atoms with Crippen LogP contribution < -0.4 is 15.4 Å². The second-order valence-electron chi connectivity index (χ2n) is 8.81.